The van der Waals surface area contributed by atoms with Crippen molar-refractivity contribution in [3.8, 4) is 0 Å². The molecule has 2 aromatic rings. The molecule has 3 heterocycles. The number of ether oxygens (including phenoxy) is 2. The standard InChI is InChI=1S/C26H32N4O5/c1-28-9-11-30(12-10-28)20-7-8-22(33-2)24-21(31)17-23(35-25(20)24)26(32)27-18-3-5-19(6-4-18)29-13-15-34-16-14-29/h3-6,17H,7-16H2,1-2H3,(H,27,32). The highest BCUT2D eigenvalue weighted by Gasteiger charge is 2.24. The molecule has 0 bridgehead atoms. The number of hydrogen-bond donors (Lipinski definition) is 1. The van der Waals surface area contributed by atoms with Crippen LogP contribution in [0, 0.1) is 0 Å². The first-order valence-electron chi connectivity index (χ1n) is 12.2. The Labute approximate surface area is 204 Å². The lowest BCUT2D eigenvalue weighted by Gasteiger charge is -2.36. The summed E-state index contributed by atoms with van der Waals surface area (Å²) >= 11 is 0. The Morgan fingerprint density at radius 3 is 2.37 bits per heavy atom. The van der Waals surface area contributed by atoms with Crippen LogP contribution in [-0.2, 0) is 9.47 Å². The SMILES string of the molecule is COC1=c2c(=O)cc(C(=O)Nc3ccc(N4CCOCC4)cc3)oc2=C(N2CCN(C)CC2)CC1. The molecule has 1 N–H and O–H groups in total. The highest BCUT2D eigenvalue weighted by molar-refractivity contribution is 6.02. The predicted octanol–water partition coefficient (Wildman–Crippen LogP) is 0.633. The molecule has 9 nitrogen and oxygen atoms in total. The predicted molar refractivity (Wildman–Crippen MR) is 134 cm³/mol. The van der Waals surface area contributed by atoms with Gasteiger partial charge in [0.25, 0.3) is 5.91 Å². The number of fused-ring (bicyclic) bond motifs is 1. The number of nitrogens with zero attached hydrogens (tertiary/aromatic N) is 3. The summed E-state index contributed by atoms with van der Waals surface area (Å²) in [5.41, 5.74) is 2.89. The molecule has 0 unspecified atom stereocenters. The number of anilines is 2. The van der Waals surface area contributed by atoms with E-state index in [1.807, 2.05) is 24.3 Å². The molecule has 186 valence electrons. The van der Waals surface area contributed by atoms with Gasteiger partial charge in [0, 0.05) is 63.1 Å². The van der Waals surface area contributed by atoms with Gasteiger partial charge in [-0.05, 0) is 37.7 Å². The van der Waals surface area contributed by atoms with E-state index < -0.39 is 5.91 Å². The second-order valence-corrected chi connectivity index (χ2v) is 9.14. The Kier molecular flexibility index (Phi) is 6.79. The first-order chi connectivity index (χ1) is 17.0. The van der Waals surface area contributed by atoms with E-state index in [0.717, 1.165) is 50.7 Å². The summed E-state index contributed by atoms with van der Waals surface area (Å²) in [5.74, 6) is 0.151. The Hall–Kier alpha value is -3.30. The van der Waals surface area contributed by atoms with Crippen LogP contribution in [0.1, 0.15) is 23.4 Å². The number of carbonyl (C=O) groups excluding carboxylic acids is 1. The quantitative estimate of drug-likeness (QED) is 0.667. The zero-order valence-corrected chi connectivity index (χ0v) is 20.3. The van der Waals surface area contributed by atoms with Crippen molar-refractivity contribution in [2.75, 3.05) is 76.9 Å². The number of nitrogens with one attached hydrogen (secondary N) is 1. The molecule has 9 heteroatoms. The van der Waals surface area contributed by atoms with Crippen molar-refractivity contribution in [1.29, 1.82) is 0 Å². The molecule has 3 aliphatic rings. The van der Waals surface area contributed by atoms with Crippen LogP contribution in [0.2, 0.25) is 0 Å². The van der Waals surface area contributed by atoms with Crippen molar-refractivity contribution in [1.82, 2.24) is 9.80 Å². The second-order valence-electron chi connectivity index (χ2n) is 9.14. The van der Waals surface area contributed by atoms with E-state index in [0.29, 0.717) is 48.1 Å². The second kappa shape index (κ2) is 10.1. The molecule has 0 radical (unpaired) electrons. The number of carbonyl (C=O) groups is 1. The van der Waals surface area contributed by atoms with E-state index in [2.05, 4.69) is 27.1 Å². The average molecular weight is 481 g/mol. The fourth-order valence-electron chi connectivity index (χ4n) is 4.90. The molecule has 2 aliphatic heterocycles. The molecule has 35 heavy (non-hydrogen) atoms. The van der Waals surface area contributed by atoms with Gasteiger partial charge in [0.05, 0.1) is 26.0 Å². The maximum absolute atomic E-state index is 13.1. The van der Waals surface area contributed by atoms with E-state index in [1.54, 1.807) is 7.11 Å². The van der Waals surface area contributed by atoms with Crippen molar-refractivity contribution >= 4 is 28.7 Å². The molecule has 2 fully saturated rings. The number of amides is 1. The van der Waals surface area contributed by atoms with Gasteiger partial charge in [-0.3, -0.25) is 9.59 Å². The van der Waals surface area contributed by atoms with Crippen LogP contribution >= 0.6 is 0 Å². The van der Waals surface area contributed by atoms with E-state index in [4.69, 9.17) is 13.9 Å². The Bertz CT molecular complexity index is 1260. The first kappa shape index (κ1) is 23.4. The summed E-state index contributed by atoms with van der Waals surface area (Å²) in [4.78, 5) is 33.0. The first-order valence-corrected chi connectivity index (χ1v) is 12.2. The van der Waals surface area contributed by atoms with Crippen LogP contribution < -0.4 is 26.3 Å². The van der Waals surface area contributed by atoms with Crippen LogP contribution in [0.5, 0.6) is 0 Å². The minimum atomic E-state index is -0.453. The number of benzene rings is 1. The van der Waals surface area contributed by atoms with Gasteiger partial charge < -0.3 is 33.9 Å². The van der Waals surface area contributed by atoms with Crippen LogP contribution in [0.25, 0.3) is 11.5 Å². The Morgan fingerprint density at radius 1 is 0.971 bits per heavy atom. The zero-order valence-electron chi connectivity index (χ0n) is 20.3. The molecule has 1 amide bonds. The van der Waals surface area contributed by atoms with E-state index >= 15 is 0 Å². The molecular weight excluding hydrogens is 448 g/mol. The molecule has 5 rings (SSSR count). The van der Waals surface area contributed by atoms with Crippen molar-refractivity contribution in [3.05, 3.63) is 56.9 Å². The lowest BCUT2D eigenvalue weighted by molar-refractivity contribution is 0.0991. The minimum Gasteiger partial charge on any atom is -0.500 e. The molecule has 0 spiro atoms. The maximum Gasteiger partial charge on any atom is 0.291 e. The highest BCUT2D eigenvalue weighted by Crippen LogP contribution is 2.21. The highest BCUT2D eigenvalue weighted by atomic mass is 16.5. The molecule has 2 saturated heterocycles. The fourth-order valence-corrected chi connectivity index (χ4v) is 4.90. The number of morpholine rings is 1. The van der Waals surface area contributed by atoms with Crippen molar-refractivity contribution < 1.29 is 18.7 Å². The summed E-state index contributed by atoms with van der Waals surface area (Å²) in [6.45, 7) is 6.69. The van der Waals surface area contributed by atoms with Crippen molar-refractivity contribution in [3.63, 3.8) is 0 Å². The minimum absolute atomic E-state index is 0.00464. The molecule has 1 aliphatic carbocycles. The molecule has 1 aromatic carbocycles. The molecular formula is C26H32N4O5. The van der Waals surface area contributed by atoms with Gasteiger partial charge in [-0.2, -0.15) is 0 Å². The lowest BCUT2D eigenvalue weighted by Crippen LogP contribution is -2.50. The summed E-state index contributed by atoms with van der Waals surface area (Å²) in [6, 6.07) is 8.93. The van der Waals surface area contributed by atoms with Crippen molar-refractivity contribution in [2.24, 2.45) is 0 Å². The summed E-state index contributed by atoms with van der Waals surface area (Å²) in [5, 5.41) is 3.30. The number of methoxy groups -OCH3 is 1. The van der Waals surface area contributed by atoms with E-state index in [9.17, 15) is 9.59 Å². The molecule has 0 saturated carbocycles. The Morgan fingerprint density at radius 2 is 1.69 bits per heavy atom. The van der Waals surface area contributed by atoms with Gasteiger partial charge in [0.15, 0.2) is 16.6 Å². The van der Waals surface area contributed by atoms with Gasteiger partial charge >= 0.3 is 0 Å². The number of piperazine rings is 1. The smallest absolute Gasteiger partial charge is 0.291 e. The fraction of sp³-hybridized carbons (Fsp3) is 0.462. The largest absolute Gasteiger partial charge is 0.500 e. The third-order valence-electron chi connectivity index (χ3n) is 6.93. The van der Waals surface area contributed by atoms with Gasteiger partial charge in [-0.15, -0.1) is 0 Å². The average Bonchev–Trinajstić information content (AvgIpc) is 2.89. The normalized spacial score (nSPS) is 18.9. The number of hydrogen-bond acceptors (Lipinski definition) is 8. The third-order valence-corrected chi connectivity index (χ3v) is 6.93. The zero-order chi connectivity index (χ0) is 24.4. The third kappa shape index (κ3) is 4.92. The van der Waals surface area contributed by atoms with E-state index in [1.165, 1.54) is 6.07 Å². The van der Waals surface area contributed by atoms with Crippen LogP contribution in [0.4, 0.5) is 11.4 Å². The van der Waals surface area contributed by atoms with Crippen LogP contribution in [0.3, 0.4) is 0 Å². The number of likely N-dealkylation sites (N-methyl/N-ethyl adjacent to an activating group) is 1. The summed E-state index contributed by atoms with van der Waals surface area (Å²) in [6.07, 6.45) is 1.34. The summed E-state index contributed by atoms with van der Waals surface area (Å²) < 4.78 is 17.1. The topological polar surface area (TPSA) is 87.5 Å². The summed E-state index contributed by atoms with van der Waals surface area (Å²) in [7, 11) is 3.67. The van der Waals surface area contributed by atoms with Crippen molar-refractivity contribution in [2.45, 2.75) is 12.8 Å². The van der Waals surface area contributed by atoms with Crippen LogP contribution in [-0.4, -0.2) is 82.3 Å². The van der Waals surface area contributed by atoms with Gasteiger partial charge in [-0.1, -0.05) is 0 Å². The van der Waals surface area contributed by atoms with Gasteiger partial charge in [0.1, 0.15) is 11.0 Å². The van der Waals surface area contributed by atoms with Gasteiger partial charge in [0.2, 0.25) is 0 Å². The number of rotatable bonds is 5. The lowest BCUT2D eigenvalue weighted by atomic mass is 10.0. The Balaban J connectivity index is 1.44. The monoisotopic (exact) mass is 480 g/mol. The van der Waals surface area contributed by atoms with Gasteiger partial charge in [-0.25, -0.2) is 0 Å². The van der Waals surface area contributed by atoms with Crippen LogP contribution in [0.15, 0.2) is 39.5 Å². The maximum atomic E-state index is 13.1. The molecule has 0 atom stereocenters. The molecule has 1 aromatic heterocycles. The van der Waals surface area contributed by atoms with E-state index in [-0.39, 0.29) is 11.2 Å².